The van der Waals surface area contributed by atoms with Gasteiger partial charge in [-0.1, -0.05) is 359 Å². The summed E-state index contributed by atoms with van der Waals surface area (Å²) in [5, 5.41) is 23.3. The number of esters is 1. The van der Waals surface area contributed by atoms with Crippen molar-refractivity contribution in [3.05, 3.63) is 36.5 Å². The summed E-state index contributed by atoms with van der Waals surface area (Å²) in [6.07, 6.45) is 89.4. The van der Waals surface area contributed by atoms with Crippen LogP contribution in [0.25, 0.3) is 0 Å². The first-order chi connectivity index (χ1) is 39.5. The summed E-state index contributed by atoms with van der Waals surface area (Å²) >= 11 is 0. The molecule has 2 unspecified atom stereocenters. The molecule has 0 aromatic carbocycles. The number of allylic oxidation sites excluding steroid dienone is 5. The molecule has 0 bridgehead atoms. The Morgan fingerprint density at radius 1 is 0.350 bits per heavy atom. The number of aliphatic hydroxyl groups is 2. The summed E-state index contributed by atoms with van der Waals surface area (Å²) in [6, 6.07) is -0.634. The molecule has 0 aliphatic heterocycles. The highest BCUT2D eigenvalue weighted by Gasteiger charge is 2.18. The Kier molecular flexibility index (Phi) is 67.9. The van der Waals surface area contributed by atoms with Crippen LogP contribution in [0.2, 0.25) is 0 Å². The van der Waals surface area contributed by atoms with Gasteiger partial charge in [0.1, 0.15) is 0 Å². The van der Waals surface area contributed by atoms with Gasteiger partial charge >= 0.3 is 5.97 Å². The molecule has 2 atom stereocenters. The smallest absolute Gasteiger partial charge is 0.305 e. The maximum Gasteiger partial charge on any atom is 0.305 e. The zero-order valence-corrected chi connectivity index (χ0v) is 54.1. The largest absolute Gasteiger partial charge is 0.466 e. The predicted molar refractivity (Wildman–Crippen MR) is 352 cm³/mol. The van der Waals surface area contributed by atoms with E-state index in [-0.39, 0.29) is 18.5 Å². The SMILES string of the molecule is CCCCCCCCCCCCCCCCCCCCCCC/C=C/C(O)C(CO)NC(=O)CCCCCCCCCCC/C=C\C/C=C\CCCCCCCCCCCOC(=O)CCCCCCCCCCCCCCCCC. The molecule has 0 heterocycles. The first-order valence-corrected chi connectivity index (χ1v) is 36.3. The zero-order chi connectivity index (χ0) is 57.8. The summed E-state index contributed by atoms with van der Waals surface area (Å²) in [5.41, 5.74) is 0. The number of unbranched alkanes of at least 4 members (excludes halogenated alkanes) is 53. The Morgan fingerprint density at radius 3 is 0.950 bits per heavy atom. The lowest BCUT2D eigenvalue weighted by Crippen LogP contribution is -2.45. The molecule has 0 rings (SSSR count). The lowest BCUT2D eigenvalue weighted by molar-refractivity contribution is -0.143. The Morgan fingerprint density at radius 2 is 0.625 bits per heavy atom. The molecule has 6 heteroatoms. The van der Waals surface area contributed by atoms with E-state index in [2.05, 4.69) is 43.5 Å². The normalized spacial score (nSPS) is 12.7. The van der Waals surface area contributed by atoms with Crippen molar-refractivity contribution in [3.8, 4) is 0 Å². The van der Waals surface area contributed by atoms with Gasteiger partial charge in [0, 0.05) is 12.8 Å². The molecule has 0 aromatic rings. The van der Waals surface area contributed by atoms with Crippen molar-refractivity contribution in [1.82, 2.24) is 5.32 Å². The third-order valence-corrected chi connectivity index (χ3v) is 16.9. The summed E-state index contributed by atoms with van der Waals surface area (Å²) in [5.74, 6) is -0.0581. The first kappa shape index (κ1) is 78.1. The minimum atomic E-state index is -0.850. The number of amides is 1. The van der Waals surface area contributed by atoms with Gasteiger partial charge in [0.15, 0.2) is 0 Å². The molecular weight excluding hydrogens is 983 g/mol. The molecule has 472 valence electrons. The monoisotopic (exact) mass is 1120 g/mol. The van der Waals surface area contributed by atoms with Crippen LogP contribution < -0.4 is 5.32 Å². The van der Waals surface area contributed by atoms with E-state index in [1.165, 1.54) is 327 Å². The van der Waals surface area contributed by atoms with Crippen LogP contribution in [0.4, 0.5) is 0 Å². The molecule has 0 saturated heterocycles. The van der Waals surface area contributed by atoms with Crippen LogP contribution in [0.5, 0.6) is 0 Å². The lowest BCUT2D eigenvalue weighted by Gasteiger charge is -2.20. The van der Waals surface area contributed by atoms with Crippen LogP contribution in [0.1, 0.15) is 399 Å². The van der Waals surface area contributed by atoms with E-state index in [1.807, 2.05) is 6.08 Å². The summed E-state index contributed by atoms with van der Waals surface area (Å²) in [6.45, 7) is 4.94. The molecule has 0 fully saturated rings. The Bertz CT molecular complexity index is 1300. The Balaban J connectivity index is 3.45. The number of aliphatic hydroxyl groups excluding tert-OH is 2. The van der Waals surface area contributed by atoms with E-state index < -0.39 is 12.1 Å². The van der Waals surface area contributed by atoms with Crippen LogP contribution in [0.15, 0.2) is 36.5 Å². The third-order valence-electron chi connectivity index (χ3n) is 16.9. The highest BCUT2D eigenvalue weighted by molar-refractivity contribution is 5.76. The third kappa shape index (κ3) is 65.2. The minimum Gasteiger partial charge on any atom is -0.466 e. The fourth-order valence-corrected chi connectivity index (χ4v) is 11.4. The highest BCUT2D eigenvalue weighted by Crippen LogP contribution is 2.19. The van der Waals surface area contributed by atoms with E-state index >= 15 is 0 Å². The number of rotatable bonds is 68. The van der Waals surface area contributed by atoms with E-state index in [4.69, 9.17) is 4.74 Å². The Labute approximate surface area is 500 Å². The van der Waals surface area contributed by atoms with Gasteiger partial charge in [-0.15, -0.1) is 0 Å². The predicted octanol–water partition coefficient (Wildman–Crippen LogP) is 23.5. The van der Waals surface area contributed by atoms with Crippen LogP contribution in [-0.2, 0) is 14.3 Å². The van der Waals surface area contributed by atoms with Gasteiger partial charge in [-0.2, -0.15) is 0 Å². The standard InChI is InChI=1S/C74H141NO5/c1-3-5-7-9-11-13-15-17-19-20-21-22-26-29-32-35-39-42-46-50-54-58-62-66-72(77)71(70-76)75-73(78)67-63-59-55-51-47-43-40-36-33-30-27-24-23-25-28-31-34-37-41-45-49-53-57-61-65-69-80-74(79)68-64-60-56-52-48-44-38-18-16-14-12-10-8-6-4-2/h24-25,27-28,62,66,71-72,76-77H,3-23,26,29-61,63-65,67-70H2,1-2H3,(H,75,78)/b27-24-,28-25-,66-62+. The van der Waals surface area contributed by atoms with Gasteiger partial charge in [0.25, 0.3) is 0 Å². The second-order valence-electron chi connectivity index (χ2n) is 24.9. The number of hydrogen-bond donors (Lipinski definition) is 3. The number of ether oxygens (including phenoxy) is 1. The lowest BCUT2D eigenvalue weighted by atomic mass is 10.0. The van der Waals surface area contributed by atoms with Crippen molar-refractivity contribution in [2.24, 2.45) is 0 Å². The fourth-order valence-electron chi connectivity index (χ4n) is 11.4. The average Bonchev–Trinajstić information content (AvgIpc) is 3.46. The molecule has 0 spiro atoms. The number of carbonyl (C=O) groups excluding carboxylic acids is 2. The molecule has 0 radical (unpaired) electrons. The minimum absolute atomic E-state index is 0.0121. The molecular formula is C74H141NO5. The molecule has 0 aliphatic carbocycles. The summed E-state index contributed by atoms with van der Waals surface area (Å²) < 4.78 is 5.49. The topological polar surface area (TPSA) is 95.9 Å². The first-order valence-electron chi connectivity index (χ1n) is 36.3. The van der Waals surface area contributed by atoms with Gasteiger partial charge in [0.05, 0.1) is 25.4 Å². The van der Waals surface area contributed by atoms with Crippen molar-refractivity contribution in [2.75, 3.05) is 13.2 Å². The van der Waals surface area contributed by atoms with Gasteiger partial charge in [0.2, 0.25) is 5.91 Å². The molecule has 3 N–H and O–H groups in total. The van der Waals surface area contributed by atoms with Crippen molar-refractivity contribution in [3.63, 3.8) is 0 Å². The van der Waals surface area contributed by atoms with Gasteiger partial charge in [-0.05, 0) is 64.2 Å². The number of hydrogen-bond acceptors (Lipinski definition) is 5. The van der Waals surface area contributed by atoms with Crippen LogP contribution in [0.3, 0.4) is 0 Å². The second kappa shape index (κ2) is 69.6. The highest BCUT2D eigenvalue weighted by atomic mass is 16.5. The zero-order valence-electron chi connectivity index (χ0n) is 54.1. The maximum atomic E-state index is 12.5. The van der Waals surface area contributed by atoms with Crippen LogP contribution in [-0.4, -0.2) is 47.4 Å². The van der Waals surface area contributed by atoms with E-state index in [0.717, 1.165) is 44.9 Å². The molecule has 0 aliphatic rings. The average molecular weight is 1120 g/mol. The number of carbonyl (C=O) groups is 2. The maximum absolute atomic E-state index is 12.5. The molecule has 0 saturated carbocycles. The summed E-state index contributed by atoms with van der Waals surface area (Å²) in [7, 11) is 0. The second-order valence-corrected chi connectivity index (χ2v) is 24.9. The van der Waals surface area contributed by atoms with Crippen LogP contribution >= 0.6 is 0 Å². The van der Waals surface area contributed by atoms with E-state index in [1.54, 1.807) is 6.08 Å². The fraction of sp³-hybridized carbons (Fsp3) is 0.892. The molecule has 0 aromatic heterocycles. The van der Waals surface area contributed by atoms with Gasteiger partial charge in [-0.25, -0.2) is 0 Å². The summed E-state index contributed by atoms with van der Waals surface area (Å²) in [4.78, 5) is 24.6. The van der Waals surface area contributed by atoms with Crippen molar-refractivity contribution >= 4 is 11.9 Å². The van der Waals surface area contributed by atoms with Crippen LogP contribution in [0, 0.1) is 0 Å². The Hall–Kier alpha value is -1.92. The quantitative estimate of drug-likeness (QED) is 0.0320. The van der Waals surface area contributed by atoms with E-state index in [0.29, 0.717) is 19.4 Å². The van der Waals surface area contributed by atoms with Crippen molar-refractivity contribution in [1.29, 1.82) is 0 Å². The van der Waals surface area contributed by atoms with Gasteiger partial charge in [-0.3, -0.25) is 9.59 Å². The van der Waals surface area contributed by atoms with E-state index in [9.17, 15) is 19.8 Å². The molecule has 80 heavy (non-hydrogen) atoms. The van der Waals surface area contributed by atoms with Gasteiger partial charge < -0.3 is 20.3 Å². The van der Waals surface area contributed by atoms with Crippen molar-refractivity contribution < 1.29 is 24.5 Å². The molecule has 1 amide bonds. The molecule has 6 nitrogen and oxygen atoms in total. The van der Waals surface area contributed by atoms with Crippen molar-refractivity contribution in [2.45, 2.75) is 411 Å². The number of nitrogens with one attached hydrogen (secondary N) is 1.